The molecule has 3 unspecified atom stereocenters. The zero-order chi connectivity index (χ0) is 14.6. The van der Waals surface area contributed by atoms with Crippen LogP contribution in [0.1, 0.15) is 41.0 Å². The third-order valence-electron chi connectivity index (χ3n) is 3.17. The normalized spacial score (nSPS) is 27.1. The molecule has 0 saturated carbocycles. The molecule has 5 nitrogen and oxygen atoms in total. The second-order valence-electron chi connectivity index (χ2n) is 6.60. The number of hydrogen-bond donors (Lipinski definition) is 2. The summed E-state index contributed by atoms with van der Waals surface area (Å²) in [5.41, 5.74) is 5.65. The van der Waals surface area contributed by atoms with Crippen molar-refractivity contribution in [2.24, 2.45) is 5.73 Å². The molecular weight excluding hydrogens is 242 g/mol. The molecule has 3 N–H and O–H groups in total. The van der Waals surface area contributed by atoms with E-state index in [4.69, 9.17) is 10.5 Å². The van der Waals surface area contributed by atoms with Crippen LogP contribution in [0, 0.1) is 0 Å². The van der Waals surface area contributed by atoms with Gasteiger partial charge in [0.05, 0.1) is 12.2 Å². The van der Waals surface area contributed by atoms with Gasteiger partial charge >= 0.3 is 0 Å². The fraction of sp³-hybridized carbons (Fsp3) is 0.929. The van der Waals surface area contributed by atoms with Crippen LogP contribution in [0.5, 0.6) is 0 Å². The highest BCUT2D eigenvalue weighted by atomic mass is 16.5. The lowest BCUT2D eigenvalue weighted by Crippen LogP contribution is -2.54. The van der Waals surface area contributed by atoms with E-state index in [2.05, 4.69) is 24.1 Å². The number of nitrogens with one attached hydrogen (secondary N) is 1. The summed E-state index contributed by atoms with van der Waals surface area (Å²) < 4.78 is 5.71. The monoisotopic (exact) mass is 271 g/mol. The Kier molecular flexibility index (Phi) is 5.77. The molecule has 1 rings (SSSR count). The Morgan fingerprint density at radius 1 is 1.37 bits per heavy atom. The van der Waals surface area contributed by atoms with Gasteiger partial charge in [-0.3, -0.25) is 9.69 Å². The van der Waals surface area contributed by atoms with Crippen LogP contribution < -0.4 is 11.1 Å². The number of amides is 1. The third kappa shape index (κ3) is 5.89. The van der Waals surface area contributed by atoms with Crippen molar-refractivity contribution in [2.75, 3.05) is 19.6 Å². The molecule has 5 heteroatoms. The predicted octanol–water partition coefficient (Wildman–Crippen LogP) is 0.728. The zero-order valence-corrected chi connectivity index (χ0v) is 12.9. The first kappa shape index (κ1) is 16.4. The summed E-state index contributed by atoms with van der Waals surface area (Å²) in [5.74, 6) is 0.0646. The van der Waals surface area contributed by atoms with E-state index >= 15 is 0 Å². The third-order valence-corrected chi connectivity index (χ3v) is 3.17. The average molecular weight is 271 g/mol. The van der Waals surface area contributed by atoms with Gasteiger partial charge in [-0.1, -0.05) is 0 Å². The molecule has 1 fully saturated rings. The number of ether oxygens (including phenoxy) is 1. The van der Waals surface area contributed by atoms with Crippen molar-refractivity contribution in [1.82, 2.24) is 10.2 Å². The number of nitrogens with two attached hydrogens (primary N) is 1. The first-order valence-corrected chi connectivity index (χ1v) is 7.12. The maximum absolute atomic E-state index is 12.0. The van der Waals surface area contributed by atoms with Crippen LogP contribution in [-0.2, 0) is 9.53 Å². The number of morpholine rings is 1. The minimum absolute atomic E-state index is 0.0646. The molecule has 0 radical (unpaired) electrons. The second-order valence-corrected chi connectivity index (χ2v) is 6.60. The zero-order valence-electron chi connectivity index (χ0n) is 12.9. The largest absolute Gasteiger partial charge is 0.373 e. The molecule has 112 valence electrons. The molecule has 0 aromatic heterocycles. The maximum atomic E-state index is 12.0. The van der Waals surface area contributed by atoms with Gasteiger partial charge in [0, 0.05) is 37.6 Å². The molecule has 0 aromatic rings. The van der Waals surface area contributed by atoms with Gasteiger partial charge < -0.3 is 15.8 Å². The standard InChI is InChI=1S/C14H29N3O2/c1-10-8-17(9-11(2)19-10)12(7-15)6-13(18)16-14(3,4)5/h10-12H,6-9,15H2,1-5H3,(H,16,18). The van der Waals surface area contributed by atoms with Gasteiger partial charge in [0.2, 0.25) is 5.91 Å². The molecule has 0 aliphatic carbocycles. The van der Waals surface area contributed by atoms with Crippen molar-refractivity contribution in [3.63, 3.8) is 0 Å². The van der Waals surface area contributed by atoms with Crippen LogP contribution in [0.25, 0.3) is 0 Å². The van der Waals surface area contributed by atoms with E-state index in [1.165, 1.54) is 0 Å². The number of carbonyl (C=O) groups excluding carboxylic acids is 1. The molecule has 3 atom stereocenters. The molecule has 0 aromatic carbocycles. The van der Waals surface area contributed by atoms with Gasteiger partial charge in [-0.2, -0.15) is 0 Å². The van der Waals surface area contributed by atoms with Crippen LogP contribution in [0.15, 0.2) is 0 Å². The number of nitrogens with zero attached hydrogens (tertiary/aromatic N) is 1. The summed E-state index contributed by atoms with van der Waals surface area (Å²) in [6.45, 7) is 12.3. The first-order valence-electron chi connectivity index (χ1n) is 7.12. The fourth-order valence-corrected chi connectivity index (χ4v) is 2.56. The Morgan fingerprint density at radius 2 is 1.89 bits per heavy atom. The van der Waals surface area contributed by atoms with Crippen LogP contribution >= 0.6 is 0 Å². The van der Waals surface area contributed by atoms with E-state index in [0.717, 1.165) is 13.1 Å². The van der Waals surface area contributed by atoms with E-state index in [1.54, 1.807) is 0 Å². The highest BCUT2D eigenvalue weighted by Gasteiger charge is 2.29. The molecule has 1 heterocycles. The molecule has 0 bridgehead atoms. The Morgan fingerprint density at radius 3 is 2.32 bits per heavy atom. The molecule has 0 spiro atoms. The maximum Gasteiger partial charge on any atom is 0.222 e. The van der Waals surface area contributed by atoms with Gasteiger partial charge in [-0.05, 0) is 34.6 Å². The quantitative estimate of drug-likeness (QED) is 0.791. The number of hydrogen-bond acceptors (Lipinski definition) is 4. The molecule has 19 heavy (non-hydrogen) atoms. The summed E-state index contributed by atoms with van der Waals surface area (Å²) >= 11 is 0. The van der Waals surface area contributed by atoms with Gasteiger partial charge in [0.15, 0.2) is 0 Å². The van der Waals surface area contributed by atoms with Crippen LogP contribution in [0.2, 0.25) is 0 Å². The topological polar surface area (TPSA) is 67.6 Å². The highest BCUT2D eigenvalue weighted by molar-refractivity contribution is 5.77. The second kappa shape index (κ2) is 6.68. The minimum Gasteiger partial charge on any atom is -0.373 e. The molecular formula is C14H29N3O2. The predicted molar refractivity (Wildman–Crippen MR) is 76.9 cm³/mol. The van der Waals surface area contributed by atoms with Crippen molar-refractivity contribution < 1.29 is 9.53 Å². The van der Waals surface area contributed by atoms with Gasteiger partial charge in [0.1, 0.15) is 0 Å². The van der Waals surface area contributed by atoms with E-state index in [9.17, 15) is 4.79 Å². The first-order chi connectivity index (χ1) is 8.71. The molecule has 1 aliphatic heterocycles. The fourth-order valence-electron chi connectivity index (χ4n) is 2.56. The van der Waals surface area contributed by atoms with E-state index in [1.807, 2.05) is 20.8 Å². The molecule has 1 aliphatic rings. The van der Waals surface area contributed by atoms with Crippen molar-refractivity contribution in [3.8, 4) is 0 Å². The van der Waals surface area contributed by atoms with Crippen molar-refractivity contribution in [1.29, 1.82) is 0 Å². The van der Waals surface area contributed by atoms with Crippen LogP contribution in [0.4, 0.5) is 0 Å². The number of rotatable bonds is 4. The van der Waals surface area contributed by atoms with Crippen molar-refractivity contribution in [3.05, 3.63) is 0 Å². The van der Waals surface area contributed by atoms with Crippen molar-refractivity contribution >= 4 is 5.91 Å². The summed E-state index contributed by atoms with van der Waals surface area (Å²) in [6.07, 6.45) is 0.847. The lowest BCUT2D eigenvalue weighted by atomic mass is 10.1. The van der Waals surface area contributed by atoms with Crippen molar-refractivity contribution in [2.45, 2.75) is 64.8 Å². The van der Waals surface area contributed by atoms with E-state index in [-0.39, 0.29) is 29.7 Å². The lowest BCUT2D eigenvalue weighted by Gasteiger charge is -2.39. The van der Waals surface area contributed by atoms with E-state index in [0.29, 0.717) is 13.0 Å². The van der Waals surface area contributed by atoms with Gasteiger partial charge in [0.25, 0.3) is 0 Å². The average Bonchev–Trinajstić information content (AvgIpc) is 2.21. The highest BCUT2D eigenvalue weighted by Crippen LogP contribution is 2.15. The van der Waals surface area contributed by atoms with Crippen LogP contribution in [0.3, 0.4) is 0 Å². The van der Waals surface area contributed by atoms with Gasteiger partial charge in [-0.25, -0.2) is 0 Å². The molecule has 1 saturated heterocycles. The van der Waals surface area contributed by atoms with Gasteiger partial charge in [-0.15, -0.1) is 0 Å². The summed E-state index contributed by atoms with van der Waals surface area (Å²) in [5, 5.41) is 2.99. The minimum atomic E-state index is -0.193. The lowest BCUT2D eigenvalue weighted by molar-refractivity contribution is -0.125. The summed E-state index contributed by atoms with van der Waals surface area (Å²) in [7, 11) is 0. The SMILES string of the molecule is CC1CN(C(CN)CC(=O)NC(C)(C)C)CC(C)O1. The Balaban J connectivity index is 2.55. The van der Waals surface area contributed by atoms with Crippen LogP contribution in [-0.4, -0.2) is 54.2 Å². The number of carbonyl (C=O) groups is 1. The summed E-state index contributed by atoms with van der Waals surface area (Å²) in [4.78, 5) is 14.3. The summed E-state index contributed by atoms with van der Waals surface area (Å²) in [6, 6.07) is 0.0937. The Labute approximate surface area is 116 Å². The Bertz CT molecular complexity index is 292. The Hall–Kier alpha value is -0.650. The molecule has 1 amide bonds. The smallest absolute Gasteiger partial charge is 0.222 e. The van der Waals surface area contributed by atoms with E-state index < -0.39 is 0 Å².